The molecule has 1 atom stereocenters. The molecule has 0 aromatic carbocycles. The summed E-state index contributed by atoms with van der Waals surface area (Å²) in [5.74, 6) is -0.855. The quantitative estimate of drug-likeness (QED) is 0.690. The number of hydrogen-bond donors (Lipinski definition) is 3. The lowest BCUT2D eigenvalue weighted by atomic mass is 10.2. The standard InChI is InChI=1S/C13H19N3O3/c1-10(2-3-12(17)18)16-13(19)15-9-6-11-4-7-14-8-5-11/h4-5,7-8,10H,2-3,6,9H2,1H3,(H,17,18)(H2,15,16,19). The Bertz CT molecular complexity index is 409. The molecule has 2 amide bonds. The summed E-state index contributed by atoms with van der Waals surface area (Å²) in [5.41, 5.74) is 1.11. The van der Waals surface area contributed by atoms with Gasteiger partial charge in [-0.3, -0.25) is 9.78 Å². The summed E-state index contributed by atoms with van der Waals surface area (Å²) >= 11 is 0. The fraction of sp³-hybridized carbons (Fsp3) is 0.462. The van der Waals surface area contributed by atoms with Gasteiger partial charge in [-0.15, -0.1) is 0 Å². The van der Waals surface area contributed by atoms with Crippen LogP contribution in [0.15, 0.2) is 24.5 Å². The van der Waals surface area contributed by atoms with Gasteiger partial charge in [0.05, 0.1) is 0 Å². The van der Waals surface area contributed by atoms with Crippen molar-refractivity contribution < 1.29 is 14.7 Å². The van der Waals surface area contributed by atoms with Gasteiger partial charge in [-0.05, 0) is 37.5 Å². The van der Waals surface area contributed by atoms with Crippen molar-refractivity contribution in [3.05, 3.63) is 30.1 Å². The first-order chi connectivity index (χ1) is 9.08. The van der Waals surface area contributed by atoms with E-state index in [2.05, 4.69) is 15.6 Å². The number of rotatable bonds is 7. The summed E-state index contributed by atoms with van der Waals surface area (Å²) in [7, 11) is 0. The van der Waals surface area contributed by atoms with Crippen molar-refractivity contribution in [2.45, 2.75) is 32.2 Å². The molecular formula is C13H19N3O3. The maximum atomic E-state index is 11.5. The van der Waals surface area contributed by atoms with Crippen molar-refractivity contribution in [2.24, 2.45) is 0 Å². The van der Waals surface area contributed by atoms with Crippen LogP contribution in [0, 0.1) is 0 Å². The third-order valence-electron chi connectivity index (χ3n) is 2.62. The van der Waals surface area contributed by atoms with Gasteiger partial charge >= 0.3 is 12.0 Å². The first kappa shape index (κ1) is 14.9. The molecule has 6 nitrogen and oxygen atoms in total. The minimum absolute atomic E-state index is 0.0540. The number of carbonyl (C=O) groups is 2. The summed E-state index contributed by atoms with van der Waals surface area (Å²) in [6, 6.07) is 3.37. The van der Waals surface area contributed by atoms with Gasteiger partial charge in [-0.25, -0.2) is 4.79 Å². The van der Waals surface area contributed by atoms with Gasteiger partial charge in [-0.2, -0.15) is 0 Å². The summed E-state index contributed by atoms with van der Waals surface area (Å²) in [6.07, 6.45) is 4.64. The van der Waals surface area contributed by atoms with Crippen molar-refractivity contribution >= 4 is 12.0 Å². The number of nitrogens with one attached hydrogen (secondary N) is 2. The molecule has 104 valence electrons. The van der Waals surface area contributed by atoms with Gasteiger partial charge in [0, 0.05) is 31.4 Å². The van der Waals surface area contributed by atoms with Crippen molar-refractivity contribution in [3.63, 3.8) is 0 Å². The van der Waals surface area contributed by atoms with E-state index in [9.17, 15) is 9.59 Å². The van der Waals surface area contributed by atoms with E-state index >= 15 is 0 Å². The SMILES string of the molecule is CC(CCC(=O)O)NC(=O)NCCc1ccncc1. The molecule has 0 saturated heterocycles. The lowest BCUT2D eigenvalue weighted by Gasteiger charge is -2.13. The number of carboxylic acid groups (broad SMARTS) is 1. The highest BCUT2D eigenvalue weighted by Gasteiger charge is 2.08. The van der Waals surface area contributed by atoms with E-state index in [-0.39, 0.29) is 18.5 Å². The second-order valence-electron chi connectivity index (χ2n) is 4.34. The highest BCUT2D eigenvalue weighted by molar-refractivity contribution is 5.74. The highest BCUT2D eigenvalue weighted by Crippen LogP contribution is 1.97. The van der Waals surface area contributed by atoms with E-state index < -0.39 is 5.97 Å². The summed E-state index contributed by atoms with van der Waals surface area (Å²) in [5, 5.41) is 14.0. The molecule has 0 aliphatic heterocycles. The maximum Gasteiger partial charge on any atom is 0.315 e. The fourth-order valence-corrected chi connectivity index (χ4v) is 1.56. The van der Waals surface area contributed by atoms with Crippen LogP contribution in [0.2, 0.25) is 0 Å². The largest absolute Gasteiger partial charge is 0.481 e. The van der Waals surface area contributed by atoms with Crippen LogP contribution in [0.1, 0.15) is 25.3 Å². The molecular weight excluding hydrogens is 246 g/mol. The Morgan fingerprint density at radius 1 is 1.37 bits per heavy atom. The molecule has 1 aromatic heterocycles. The minimum Gasteiger partial charge on any atom is -0.481 e. The Balaban J connectivity index is 2.15. The van der Waals surface area contributed by atoms with Crippen LogP contribution >= 0.6 is 0 Å². The van der Waals surface area contributed by atoms with Crippen LogP contribution in [0.4, 0.5) is 4.79 Å². The summed E-state index contributed by atoms with van der Waals surface area (Å²) in [4.78, 5) is 25.8. The van der Waals surface area contributed by atoms with Crippen molar-refractivity contribution in [1.82, 2.24) is 15.6 Å². The lowest BCUT2D eigenvalue weighted by molar-refractivity contribution is -0.137. The summed E-state index contributed by atoms with van der Waals surface area (Å²) in [6.45, 7) is 2.31. The predicted molar refractivity (Wildman–Crippen MR) is 70.8 cm³/mol. The molecule has 0 bridgehead atoms. The van der Waals surface area contributed by atoms with E-state index in [1.807, 2.05) is 12.1 Å². The van der Waals surface area contributed by atoms with Crippen LogP contribution in [0.5, 0.6) is 0 Å². The van der Waals surface area contributed by atoms with Gasteiger partial charge in [0.25, 0.3) is 0 Å². The zero-order valence-electron chi connectivity index (χ0n) is 10.9. The topological polar surface area (TPSA) is 91.3 Å². The number of carboxylic acids is 1. The first-order valence-corrected chi connectivity index (χ1v) is 6.23. The number of aliphatic carboxylic acids is 1. The van der Waals surface area contributed by atoms with Crippen molar-refractivity contribution in [2.75, 3.05) is 6.54 Å². The molecule has 1 rings (SSSR count). The molecule has 0 saturated carbocycles. The van der Waals surface area contributed by atoms with E-state index in [0.717, 1.165) is 12.0 Å². The summed E-state index contributed by atoms with van der Waals surface area (Å²) < 4.78 is 0. The molecule has 1 unspecified atom stereocenters. The first-order valence-electron chi connectivity index (χ1n) is 6.23. The number of hydrogen-bond acceptors (Lipinski definition) is 3. The normalized spacial score (nSPS) is 11.6. The lowest BCUT2D eigenvalue weighted by Crippen LogP contribution is -2.41. The molecule has 0 spiro atoms. The fourth-order valence-electron chi connectivity index (χ4n) is 1.56. The van der Waals surface area contributed by atoms with Gasteiger partial charge in [0.15, 0.2) is 0 Å². The molecule has 1 aromatic rings. The molecule has 19 heavy (non-hydrogen) atoms. The highest BCUT2D eigenvalue weighted by atomic mass is 16.4. The van der Waals surface area contributed by atoms with Crippen LogP contribution in [0.25, 0.3) is 0 Å². The number of urea groups is 1. The molecule has 1 heterocycles. The molecule has 0 fully saturated rings. The average Bonchev–Trinajstić information content (AvgIpc) is 2.37. The third-order valence-corrected chi connectivity index (χ3v) is 2.62. The zero-order chi connectivity index (χ0) is 14.1. The minimum atomic E-state index is -0.855. The molecule has 0 radical (unpaired) electrons. The van der Waals surface area contributed by atoms with Gasteiger partial charge in [0.1, 0.15) is 0 Å². The van der Waals surface area contributed by atoms with Gasteiger partial charge < -0.3 is 15.7 Å². The smallest absolute Gasteiger partial charge is 0.315 e. The Labute approximate surface area is 112 Å². The van der Waals surface area contributed by atoms with Gasteiger partial charge in [0.2, 0.25) is 0 Å². The van der Waals surface area contributed by atoms with Crippen LogP contribution in [0.3, 0.4) is 0 Å². The van der Waals surface area contributed by atoms with E-state index in [4.69, 9.17) is 5.11 Å². The predicted octanol–water partition coefficient (Wildman–Crippen LogP) is 1.18. The van der Waals surface area contributed by atoms with E-state index in [1.54, 1.807) is 19.3 Å². The maximum absolute atomic E-state index is 11.5. The Morgan fingerprint density at radius 2 is 2.05 bits per heavy atom. The van der Waals surface area contributed by atoms with Crippen molar-refractivity contribution in [1.29, 1.82) is 0 Å². The number of pyridine rings is 1. The average molecular weight is 265 g/mol. The number of amides is 2. The van der Waals surface area contributed by atoms with E-state index in [0.29, 0.717) is 13.0 Å². The number of nitrogens with zero attached hydrogens (tertiary/aromatic N) is 1. The van der Waals surface area contributed by atoms with Crippen LogP contribution in [-0.4, -0.2) is 34.7 Å². The zero-order valence-corrected chi connectivity index (χ0v) is 10.9. The van der Waals surface area contributed by atoms with E-state index in [1.165, 1.54) is 0 Å². The number of carbonyl (C=O) groups excluding carboxylic acids is 1. The molecule has 0 aliphatic rings. The Kier molecular flexibility index (Phi) is 6.35. The Morgan fingerprint density at radius 3 is 2.68 bits per heavy atom. The Hall–Kier alpha value is -2.11. The van der Waals surface area contributed by atoms with Crippen LogP contribution < -0.4 is 10.6 Å². The third kappa shape index (κ3) is 7.03. The second kappa shape index (κ2) is 8.07. The monoisotopic (exact) mass is 265 g/mol. The molecule has 6 heteroatoms. The van der Waals surface area contributed by atoms with Crippen molar-refractivity contribution in [3.8, 4) is 0 Å². The van der Waals surface area contributed by atoms with Crippen LogP contribution in [-0.2, 0) is 11.2 Å². The second-order valence-corrected chi connectivity index (χ2v) is 4.34. The molecule has 3 N–H and O–H groups in total. The van der Waals surface area contributed by atoms with Gasteiger partial charge in [-0.1, -0.05) is 0 Å². The number of aromatic nitrogens is 1. The molecule has 0 aliphatic carbocycles.